The van der Waals surface area contributed by atoms with Crippen LogP contribution in [0.25, 0.3) is 33.2 Å². The molecule has 1 fully saturated rings. The highest BCUT2D eigenvalue weighted by Gasteiger charge is 2.25. The molecule has 0 aliphatic carbocycles. The van der Waals surface area contributed by atoms with Gasteiger partial charge in [-0.05, 0) is 37.0 Å². The molecule has 7 heteroatoms. The number of nitrogens with zero attached hydrogens (tertiary/aromatic N) is 5. The van der Waals surface area contributed by atoms with E-state index in [0.29, 0.717) is 41.7 Å². The maximum atomic E-state index is 13.9. The van der Waals surface area contributed by atoms with Gasteiger partial charge in [-0.3, -0.25) is 9.36 Å². The molecule has 2 aromatic carbocycles. The van der Waals surface area contributed by atoms with E-state index in [1.807, 2.05) is 54.0 Å². The largest absolute Gasteiger partial charge is 0.376 e. The highest BCUT2D eigenvalue weighted by Crippen LogP contribution is 2.27. The van der Waals surface area contributed by atoms with E-state index in [-0.39, 0.29) is 11.7 Å². The molecule has 1 aliphatic rings. The number of fused-ring (bicyclic) bond motifs is 4. The van der Waals surface area contributed by atoms with Gasteiger partial charge in [0, 0.05) is 19.6 Å². The third kappa shape index (κ3) is 3.56. The van der Waals surface area contributed by atoms with Gasteiger partial charge in [0.05, 0.1) is 23.7 Å². The fourth-order valence-electron chi connectivity index (χ4n) is 4.99. The van der Waals surface area contributed by atoms with Gasteiger partial charge in [0.2, 0.25) is 0 Å². The van der Waals surface area contributed by atoms with Crippen LogP contribution in [0.4, 0.5) is 0 Å². The monoisotopic (exact) mass is 453 g/mol. The van der Waals surface area contributed by atoms with Crippen molar-refractivity contribution in [3.05, 3.63) is 76.3 Å². The molecular weight excluding hydrogens is 426 g/mol. The summed E-state index contributed by atoms with van der Waals surface area (Å²) < 4.78 is 9.81. The highest BCUT2D eigenvalue weighted by atomic mass is 16.5. The maximum Gasteiger partial charge on any atom is 0.265 e. The van der Waals surface area contributed by atoms with Gasteiger partial charge < -0.3 is 9.30 Å². The Morgan fingerprint density at radius 1 is 0.941 bits per heavy atom. The van der Waals surface area contributed by atoms with E-state index in [0.717, 1.165) is 42.7 Å². The molecule has 4 heterocycles. The van der Waals surface area contributed by atoms with Gasteiger partial charge in [0.1, 0.15) is 16.7 Å². The quantitative estimate of drug-likeness (QED) is 0.384. The molecule has 7 nitrogen and oxygen atoms in total. The Morgan fingerprint density at radius 3 is 2.44 bits per heavy atom. The van der Waals surface area contributed by atoms with Crippen molar-refractivity contribution >= 4 is 33.2 Å². The van der Waals surface area contributed by atoms with Crippen LogP contribution in [0.2, 0.25) is 0 Å². The molecule has 0 saturated carbocycles. The smallest absolute Gasteiger partial charge is 0.265 e. The molecule has 172 valence electrons. The minimum Gasteiger partial charge on any atom is -0.376 e. The lowest BCUT2D eigenvalue weighted by molar-refractivity contribution is 0.0986. The summed E-state index contributed by atoms with van der Waals surface area (Å²) in [5, 5.41) is 0.552. The molecule has 5 aromatic rings. The Hall–Kier alpha value is -3.58. The number of aryl methyl sites for hydroxylation is 2. The standard InChI is InChI=1S/C27H27N5O2/c1-2-22-30-25-23(27(33)31(22)15-14-18-9-4-3-5-10-18)24-26(32(25)17-19-11-8-16-34-19)29-21-13-7-6-12-20(21)28-24/h3-7,9-10,12-13,19H,2,8,11,14-17H2,1H3/t19-/m0/s1. The number of aromatic nitrogens is 5. The van der Waals surface area contributed by atoms with Crippen LogP contribution in [0.15, 0.2) is 59.4 Å². The zero-order valence-corrected chi connectivity index (χ0v) is 19.3. The average Bonchev–Trinajstić information content (AvgIpc) is 3.49. The third-order valence-corrected chi connectivity index (χ3v) is 6.72. The first-order valence-corrected chi connectivity index (χ1v) is 12.1. The van der Waals surface area contributed by atoms with Crippen LogP contribution in [0.1, 0.15) is 31.2 Å². The highest BCUT2D eigenvalue weighted by molar-refractivity contribution is 6.04. The fraction of sp³-hybridized carbons (Fsp3) is 0.333. The third-order valence-electron chi connectivity index (χ3n) is 6.72. The van der Waals surface area contributed by atoms with Crippen LogP contribution in [0, 0.1) is 0 Å². The summed E-state index contributed by atoms with van der Waals surface area (Å²) >= 11 is 0. The summed E-state index contributed by atoms with van der Waals surface area (Å²) in [6.45, 7) is 4.02. The van der Waals surface area contributed by atoms with Gasteiger partial charge in [-0.1, -0.05) is 49.4 Å². The van der Waals surface area contributed by atoms with E-state index in [2.05, 4.69) is 16.7 Å². The second kappa shape index (κ2) is 8.65. The first-order chi connectivity index (χ1) is 16.7. The van der Waals surface area contributed by atoms with Gasteiger partial charge in [0.15, 0.2) is 11.3 Å². The maximum absolute atomic E-state index is 13.9. The van der Waals surface area contributed by atoms with Gasteiger partial charge in [-0.25, -0.2) is 15.0 Å². The topological polar surface area (TPSA) is 74.8 Å². The lowest BCUT2D eigenvalue weighted by Gasteiger charge is -2.14. The van der Waals surface area contributed by atoms with Crippen LogP contribution in [0.5, 0.6) is 0 Å². The average molecular weight is 454 g/mol. The summed E-state index contributed by atoms with van der Waals surface area (Å²) in [4.78, 5) is 28.8. The molecule has 1 aliphatic heterocycles. The number of hydrogen-bond donors (Lipinski definition) is 0. The van der Waals surface area contributed by atoms with Gasteiger partial charge >= 0.3 is 0 Å². The van der Waals surface area contributed by atoms with E-state index in [1.165, 1.54) is 5.56 Å². The summed E-state index contributed by atoms with van der Waals surface area (Å²) in [6.07, 6.45) is 3.58. The number of rotatable bonds is 6. The minimum absolute atomic E-state index is 0.0431. The first-order valence-electron chi connectivity index (χ1n) is 12.1. The van der Waals surface area contributed by atoms with Crippen molar-refractivity contribution in [2.24, 2.45) is 0 Å². The van der Waals surface area contributed by atoms with Crippen molar-refractivity contribution < 1.29 is 4.74 Å². The number of para-hydroxylation sites is 2. The summed E-state index contributed by atoms with van der Waals surface area (Å²) in [5.74, 6) is 0.786. The van der Waals surface area contributed by atoms with Crippen LogP contribution >= 0.6 is 0 Å². The Morgan fingerprint density at radius 2 is 1.71 bits per heavy atom. The van der Waals surface area contributed by atoms with E-state index in [9.17, 15) is 4.79 Å². The molecule has 1 atom stereocenters. The van der Waals surface area contributed by atoms with Crippen LogP contribution < -0.4 is 5.56 Å². The molecule has 0 bridgehead atoms. The van der Waals surface area contributed by atoms with E-state index in [4.69, 9.17) is 19.7 Å². The van der Waals surface area contributed by atoms with Crippen molar-refractivity contribution in [1.29, 1.82) is 0 Å². The second-order valence-electron chi connectivity index (χ2n) is 8.90. The molecule has 1 saturated heterocycles. The Bertz CT molecular complexity index is 1550. The predicted octanol–water partition coefficient (Wildman–Crippen LogP) is 4.28. The normalized spacial score (nSPS) is 16.2. The van der Waals surface area contributed by atoms with Crippen molar-refractivity contribution in [2.45, 2.75) is 51.8 Å². The van der Waals surface area contributed by atoms with E-state index >= 15 is 0 Å². The minimum atomic E-state index is -0.0431. The predicted molar refractivity (Wildman–Crippen MR) is 133 cm³/mol. The second-order valence-corrected chi connectivity index (χ2v) is 8.90. The van der Waals surface area contributed by atoms with Crippen LogP contribution in [-0.4, -0.2) is 36.8 Å². The van der Waals surface area contributed by atoms with E-state index < -0.39 is 0 Å². The molecule has 6 rings (SSSR count). The van der Waals surface area contributed by atoms with Crippen molar-refractivity contribution in [2.75, 3.05) is 6.61 Å². The molecule has 3 aromatic heterocycles. The number of benzene rings is 2. The lowest BCUT2D eigenvalue weighted by Crippen LogP contribution is -2.26. The van der Waals surface area contributed by atoms with Crippen molar-refractivity contribution in [1.82, 2.24) is 24.1 Å². The fourth-order valence-corrected chi connectivity index (χ4v) is 4.99. The molecule has 0 spiro atoms. The zero-order valence-electron chi connectivity index (χ0n) is 19.3. The lowest BCUT2D eigenvalue weighted by atomic mass is 10.1. The molecule has 0 unspecified atom stereocenters. The Kier molecular flexibility index (Phi) is 5.34. The number of ether oxygens (including phenoxy) is 1. The SMILES string of the molecule is CCc1nc2c(c(=O)n1CCc1ccccc1)c1nc3ccccc3nc1n2C[C@@H]1CCCO1. The summed E-state index contributed by atoms with van der Waals surface area (Å²) in [7, 11) is 0. The molecule has 0 radical (unpaired) electrons. The van der Waals surface area contributed by atoms with Gasteiger partial charge in [0.25, 0.3) is 5.56 Å². The van der Waals surface area contributed by atoms with Gasteiger partial charge in [-0.15, -0.1) is 0 Å². The van der Waals surface area contributed by atoms with Crippen molar-refractivity contribution in [3.63, 3.8) is 0 Å². The first kappa shape index (κ1) is 21.0. The molecule has 34 heavy (non-hydrogen) atoms. The van der Waals surface area contributed by atoms with Crippen molar-refractivity contribution in [3.8, 4) is 0 Å². The van der Waals surface area contributed by atoms with Crippen LogP contribution in [-0.2, 0) is 30.7 Å². The van der Waals surface area contributed by atoms with Crippen LogP contribution in [0.3, 0.4) is 0 Å². The summed E-state index contributed by atoms with van der Waals surface area (Å²) in [6, 6.07) is 18.0. The molecular formula is C27H27N5O2. The Balaban J connectivity index is 1.58. The van der Waals surface area contributed by atoms with Gasteiger partial charge in [-0.2, -0.15) is 0 Å². The molecule has 0 N–H and O–H groups in total. The molecule has 0 amide bonds. The van der Waals surface area contributed by atoms with E-state index in [1.54, 1.807) is 0 Å². The zero-order chi connectivity index (χ0) is 23.1. The number of hydrogen-bond acceptors (Lipinski definition) is 5. The Labute approximate surface area is 197 Å². The summed E-state index contributed by atoms with van der Waals surface area (Å²) in [5.41, 5.74) is 4.74.